The highest BCUT2D eigenvalue weighted by Gasteiger charge is 2.47. The van der Waals surface area contributed by atoms with Gasteiger partial charge in [-0.05, 0) is 39.2 Å². The molecule has 2 aliphatic rings. The zero-order chi connectivity index (χ0) is 16.3. The minimum Gasteiger partial charge on any atom is -0.378 e. The number of nitrogens with zero attached hydrogens (tertiary/aromatic N) is 3. The largest absolute Gasteiger partial charge is 0.378 e. The van der Waals surface area contributed by atoms with Crippen LogP contribution in [0, 0.1) is 5.41 Å². The molecular weight excluding hydrogens is 294 g/mol. The molecular formula is C17H25N3O3. The molecule has 0 radical (unpaired) electrons. The fourth-order valence-corrected chi connectivity index (χ4v) is 3.61. The number of fused-ring (bicyclic) bond motifs is 1. The number of carbonyl (C=O) groups is 1. The second-order valence-corrected chi connectivity index (χ2v) is 6.83. The van der Waals surface area contributed by atoms with Crippen LogP contribution in [0.25, 0.3) is 0 Å². The highest BCUT2D eigenvalue weighted by atomic mass is 16.5. The minimum atomic E-state index is -0.0864. The lowest BCUT2D eigenvalue weighted by Gasteiger charge is -2.50. The second-order valence-electron chi connectivity index (χ2n) is 6.83. The van der Waals surface area contributed by atoms with Crippen LogP contribution >= 0.6 is 0 Å². The number of rotatable bonds is 4. The van der Waals surface area contributed by atoms with Crippen molar-refractivity contribution in [1.82, 2.24) is 15.1 Å². The molecule has 0 aromatic carbocycles. The summed E-state index contributed by atoms with van der Waals surface area (Å²) in [4.78, 5) is 14.7. The predicted octanol–water partition coefficient (Wildman–Crippen LogP) is 1.91. The Morgan fingerprint density at radius 1 is 1.52 bits per heavy atom. The molecule has 0 spiro atoms. The first-order valence-corrected chi connectivity index (χ1v) is 8.40. The Morgan fingerprint density at radius 2 is 2.39 bits per heavy atom. The van der Waals surface area contributed by atoms with Crippen LogP contribution in [-0.4, -0.2) is 59.5 Å². The average molecular weight is 319 g/mol. The molecule has 1 aromatic heterocycles. The summed E-state index contributed by atoms with van der Waals surface area (Å²) in [5.41, 5.74) is 0.506. The predicted molar refractivity (Wildman–Crippen MR) is 85.0 cm³/mol. The number of carbonyl (C=O) groups excluding carboxylic acids is 1. The van der Waals surface area contributed by atoms with Gasteiger partial charge in [0.1, 0.15) is 0 Å². The third-order valence-electron chi connectivity index (χ3n) is 4.81. The molecule has 0 N–H and O–H groups in total. The molecule has 2 unspecified atom stereocenters. The molecule has 6 nitrogen and oxygen atoms in total. The summed E-state index contributed by atoms with van der Waals surface area (Å²) in [5.74, 6) is 0.0212. The second kappa shape index (κ2) is 6.93. The molecule has 2 saturated heterocycles. The molecule has 23 heavy (non-hydrogen) atoms. The zero-order valence-electron chi connectivity index (χ0n) is 13.9. The number of hydrogen-bond donors (Lipinski definition) is 0. The number of hydrogen-bond acceptors (Lipinski definition) is 5. The number of amides is 1. The van der Waals surface area contributed by atoms with Crippen molar-refractivity contribution in [3.63, 3.8) is 0 Å². The SMILES string of the molecule is CC(C)OCC12CCCOC1CCN(C(=O)c1ccnnc1)C2. The van der Waals surface area contributed by atoms with E-state index < -0.39 is 0 Å². The molecule has 0 bridgehead atoms. The van der Waals surface area contributed by atoms with Crippen molar-refractivity contribution < 1.29 is 14.3 Å². The van der Waals surface area contributed by atoms with E-state index in [2.05, 4.69) is 10.2 Å². The van der Waals surface area contributed by atoms with E-state index in [-0.39, 0.29) is 23.5 Å². The van der Waals surface area contributed by atoms with Gasteiger partial charge in [-0.3, -0.25) is 4.79 Å². The molecule has 1 aromatic rings. The van der Waals surface area contributed by atoms with Crippen LogP contribution in [0.15, 0.2) is 18.5 Å². The van der Waals surface area contributed by atoms with E-state index in [1.165, 1.54) is 6.20 Å². The monoisotopic (exact) mass is 319 g/mol. The third kappa shape index (κ3) is 3.53. The number of aromatic nitrogens is 2. The van der Waals surface area contributed by atoms with E-state index >= 15 is 0 Å². The molecule has 6 heteroatoms. The summed E-state index contributed by atoms with van der Waals surface area (Å²) in [6.45, 7) is 6.96. The molecule has 2 atom stereocenters. The van der Waals surface area contributed by atoms with Gasteiger partial charge >= 0.3 is 0 Å². The zero-order valence-corrected chi connectivity index (χ0v) is 13.9. The van der Waals surface area contributed by atoms with Crippen molar-refractivity contribution in [1.29, 1.82) is 0 Å². The van der Waals surface area contributed by atoms with E-state index in [0.717, 1.165) is 32.4 Å². The first-order chi connectivity index (χ1) is 11.1. The molecule has 3 heterocycles. The first-order valence-electron chi connectivity index (χ1n) is 8.40. The maximum Gasteiger partial charge on any atom is 0.255 e. The first kappa shape index (κ1) is 16.3. The van der Waals surface area contributed by atoms with Crippen LogP contribution in [0.4, 0.5) is 0 Å². The van der Waals surface area contributed by atoms with Gasteiger partial charge in [-0.2, -0.15) is 10.2 Å². The highest BCUT2D eigenvalue weighted by Crippen LogP contribution is 2.41. The van der Waals surface area contributed by atoms with E-state index in [9.17, 15) is 4.79 Å². The normalized spacial score (nSPS) is 27.8. The lowest BCUT2D eigenvalue weighted by atomic mass is 9.73. The summed E-state index contributed by atoms with van der Waals surface area (Å²) < 4.78 is 11.9. The topological polar surface area (TPSA) is 64.6 Å². The van der Waals surface area contributed by atoms with Crippen LogP contribution in [0.5, 0.6) is 0 Å². The van der Waals surface area contributed by atoms with Gasteiger partial charge in [0.2, 0.25) is 0 Å². The molecule has 2 aliphatic heterocycles. The molecule has 2 fully saturated rings. The van der Waals surface area contributed by atoms with Gasteiger partial charge in [0.15, 0.2) is 0 Å². The van der Waals surface area contributed by atoms with Gasteiger partial charge in [-0.1, -0.05) is 0 Å². The summed E-state index contributed by atoms with van der Waals surface area (Å²) in [5, 5.41) is 7.55. The number of likely N-dealkylation sites (tertiary alicyclic amines) is 1. The Kier molecular flexibility index (Phi) is 4.92. The molecule has 0 aliphatic carbocycles. The van der Waals surface area contributed by atoms with Crippen molar-refractivity contribution in [2.45, 2.75) is 45.3 Å². The Hall–Kier alpha value is -1.53. The van der Waals surface area contributed by atoms with E-state index in [1.807, 2.05) is 18.7 Å². The van der Waals surface area contributed by atoms with Crippen LogP contribution in [0.3, 0.4) is 0 Å². The van der Waals surface area contributed by atoms with Gasteiger partial charge in [0.05, 0.1) is 36.8 Å². The van der Waals surface area contributed by atoms with Crippen molar-refractivity contribution in [2.75, 3.05) is 26.3 Å². The molecule has 126 valence electrons. The maximum absolute atomic E-state index is 12.7. The van der Waals surface area contributed by atoms with Crippen molar-refractivity contribution in [2.24, 2.45) is 5.41 Å². The van der Waals surface area contributed by atoms with Gasteiger partial charge in [-0.15, -0.1) is 0 Å². The van der Waals surface area contributed by atoms with Crippen molar-refractivity contribution in [3.8, 4) is 0 Å². The van der Waals surface area contributed by atoms with Crippen LogP contribution < -0.4 is 0 Å². The number of piperidine rings is 1. The minimum absolute atomic E-state index is 0.0212. The Labute approximate surface area is 137 Å². The average Bonchev–Trinajstić information content (AvgIpc) is 2.59. The smallest absolute Gasteiger partial charge is 0.255 e. The maximum atomic E-state index is 12.7. The van der Waals surface area contributed by atoms with Gasteiger partial charge in [-0.25, -0.2) is 0 Å². The fraction of sp³-hybridized carbons (Fsp3) is 0.706. The Morgan fingerprint density at radius 3 is 3.13 bits per heavy atom. The lowest BCUT2D eigenvalue weighted by Crippen LogP contribution is -2.58. The molecule has 1 amide bonds. The van der Waals surface area contributed by atoms with Crippen LogP contribution in [-0.2, 0) is 9.47 Å². The lowest BCUT2D eigenvalue weighted by molar-refractivity contribution is -0.152. The molecule has 0 saturated carbocycles. The molecule has 3 rings (SSSR count). The van der Waals surface area contributed by atoms with Crippen molar-refractivity contribution in [3.05, 3.63) is 24.0 Å². The number of ether oxygens (including phenoxy) is 2. The van der Waals surface area contributed by atoms with Gasteiger partial charge in [0.25, 0.3) is 5.91 Å². The van der Waals surface area contributed by atoms with Gasteiger partial charge < -0.3 is 14.4 Å². The van der Waals surface area contributed by atoms with Gasteiger partial charge in [0, 0.05) is 25.1 Å². The summed E-state index contributed by atoms with van der Waals surface area (Å²) >= 11 is 0. The summed E-state index contributed by atoms with van der Waals surface area (Å²) in [7, 11) is 0. The van der Waals surface area contributed by atoms with E-state index in [1.54, 1.807) is 12.3 Å². The van der Waals surface area contributed by atoms with E-state index in [0.29, 0.717) is 18.7 Å². The van der Waals surface area contributed by atoms with Crippen LogP contribution in [0.2, 0.25) is 0 Å². The van der Waals surface area contributed by atoms with E-state index in [4.69, 9.17) is 9.47 Å². The fourth-order valence-electron chi connectivity index (χ4n) is 3.61. The van der Waals surface area contributed by atoms with Crippen LogP contribution in [0.1, 0.15) is 43.5 Å². The Bertz CT molecular complexity index is 537. The highest BCUT2D eigenvalue weighted by molar-refractivity contribution is 5.93. The van der Waals surface area contributed by atoms with Crippen molar-refractivity contribution >= 4 is 5.91 Å². The Balaban J connectivity index is 1.76. The quantitative estimate of drug-likeness (QED) is 0.848. The third-order valence-corrected chi connectivity index (χ3v) is 4.81. The summed E-state index contributed by atoms with van der Waals surface area (Å²) in [6, 6.07) is 1.72. The standard InChI is InChI=1S/C17H25N3O3/c1-13(2)23-12-17-6-3-9-22-15(17)5-8-20(11-17)16(21)14-4-7-18-19-10-14/h4,7,10,13,15H,3,5-6,8-9,11-12H2,1-2H3. The summed E-state index contributed by atoms with van der Waals surface area (Å²) in [6.07, 6.45) is 6.40.